The summed E-state index contributed by atoms with van der Waals surface area (Å²) in [6.07, 6.45) is 2.24. The summed E-state index contributed by atoms with van der Waals surface area (Å²) in [6, 6.07) is 5.55. The fourth-order valence-electron chi connectivity index (χ4n) is 2.00. The Balaban J connectivity index is 2.21. The van der Waals surface area contributed by atoms with Crippen molar-refractivity contribution in [3.8, 4) is 0 Å². The zero-order valence-electron chi connectivity index (χ0n) is 10.3. The van der Waals surface area contributed by atoms with Gasteiger partial charge in [0.1, 0.15) is 0 Å². The van der Waals surface area contributed by atoms with E-state index in [1.165, 1.54) is 0 Å². The average Bonchev–Trinajstić information content (AvgIpc) is 3.14. The highest BCUT2D eigenvalue weighted by atomic mass is 79.9. The molecule has 0 spiro atoms. The molecule has 6 heteroatoms. The zero-order chi connectivity index (χ0) is 14.0. The van der Waals surface area contributed by atoms with Crippen LogP contribution in [-0.4, -0.2) is 29.6 Å². The number of nitrogens with zero attached hydrogens (tertiary/aromatic N) is 1. The van der Waals surface area contributed by atoms with Gasteiger partial charge in [-0.05, 0) is 47.0 Å². The zero-order valence-corrected chi connectivity index (χ0v) is 11.9. The van der Waals surface area contributed by atoms with Crippen LogP contribution in [0.25, 0.3) is 0 Å². The number of carboxylic acids is 1. The van der Waals surface area contributed by atoms with Crippen molar-refractivity contribution in [2.45, 2.75) is 25.3 Å². The molecule has 102 valence electrons. The molecule has 1 aromatic carbocycles. The number of amides is 1. The van der Waals surface area contributed by atoms with Crippen LogP contribution in [0.5, 0.6) is 0 Å². The molecule has 0 bridgehead atoms. The lowest BCUT2D eigenvalue weighted by molar-refractivity contribution is -0.136. The Labute approximate surface area is 119 Å². The Morgan fingerprint density at radius 2 is 2.11 bits per heavy atom. The lowest BCUT2D eigenvalue weighted by atomic mass is 10.2. The molecule has 2 rings (SSSR count). The minimum Gasteiger partial charge on any atom is -0.481 e. The van der Waals surface area contributed by atoms with Crippen LogP contribution in [0.3, 0.4) is 0 Å². The topological polar surface area (TPSA) is 83.6 Å². The molecule has 1 saturated carbocycles. The molecule has 5 nitrogen and oxygen atoms in total. The number of carbonyl (C=O) groups excluding carboxylic acids is 1. The smallest absolute Gasteiger partial charge is 0.305 e. The third-order valence-corrected chi connectivity index (χ3v) is 3.73. The van der Waals surface area contributed by atoms with E-state index in [1.807, 2.05) is 6.07 Å². The van der Waals surface area contributed by atoms with Gasteiger partial charge in [0, 0.05) is 22.6 Å². The van der Waals surface area contributed by atoms with Crippen molar-refractivity contribution < 1.29 is 14.7 Å². The normalized spacial score (nSPS) is 14.2. The minimum absolute atomic E-state index is 0.0977. The number of carboxylic acid groups (broad SMARTS) is 1. The number of halogens is 1. The number of anilines is 1. The Bertz CT molecular complexity index is 515. The number of hydrogen-bond donors (Lipinski definition) is 2. The Kier molecular flexibility index (Phi) is 4.09. The third kappa shape index (κ3) is 3.47. The molecule has 0 aromatic heterocycles. The molecule has 0 atom stereocenters. The molecule has 0 aliphatic heterocycles. The highest BCUT2D eigenvalue weighted by molar-refractivity contribution is 9.10. The second-order valence-corrected chi connectivity index (χ2v) is 5.45. The molecule has 0 heterocycles. The molecule has 1 aromatic rings. The van der Waals surface area contributed by atoms with E-state index in [0.717, 1.165) is 23.0 Å². The van der Waals surface area contributed by atoms with E-state index in [9.17, 15) is 9.59 Å². The Morgan fingerprint density at radius 3 is 2.58 bits per heavy atom. The summed E-state index contributed by atoms with van der Waals surface area (Å²) >= 11 is 3.42. The first kappa shape index (κ1) is 13.9. The number of rotatable bonds is 6. The number of primary amides is 1. The van der Waals surface area contributed by atoms with Crippen LogP contribution in [0.4, 0.5) is 5.69 Å². The van der Waals surface area contributed by atoms with Crippen molar-refractivity contribution in [1.29, 1.82) is 0 Å². The maximum Gasteiger partial charge on any atom is 0.305 e. The van der Waals surface area contributed by atoms with Gasteiger partial charge in [0.25, 0.3) is 0 Å². The molecular formula is C13H15BrN2O3. The first-order chi connectivity index (χ1) is 8.99. The fraction of sp³-hybridized carbons (Fsp3) is 0.385. The largest absolute Gasteiger partial charge is 0.481 e. The van der Waals surface area contributed by atoms with Crippen LogP contribution in [0, 0.1) is 0 Å². The number of nitrogens with two attached hydrogens (primary N) is 1. The molecule has 1 aliphatic rings. The molecule has 1 amide bonds. The second-order valence-electron chi connectivity index (χ2n) is 4.60. The first-order valence-electron chi connectivity index (χ1n) is 6.07. The van der Waals surface area contributed by atoms with Crippen molar-refractivity contribution in [2.24, 2.45) is 5.73 Å². The van der Waals surface area contributed by atoms with Crippen LogP contribution >= 0.6 is 15.9 Å². The fourth-order valence-corrected chi connectivity index (χ4v) is 2.60. The lowest BCUT2D eigenvalue weighted by Crippen LogP contribution is -2.28. The number of benzene rings is 1. The minimum atomic E-state index is -0.810. The van der Waals surface area contributed by atoms with E-state index in [0.29, 0.717) is 18.2 Å². The van der Waals surface area contributed by atoms with Gasteiger partial charge in [-0.15, -0.1) is 0 Å². The van der Waals surface area contributed by atoms with Gasteiger partial charge >= 0.3 is 5.97 Å². The van der Waals surface area contributed by atoms with Crippen LogP contribution < -0.4 is 10.6 Å². The average molecular weight is 327 g/mol. The van der Waals surface area contributed by atoms with Crippen molar-refractivity contribution in [3.05, 3.63) is 28.2 Å². The molecule has 0 radical (unpaired) electrons. The number of hydrogen-bond acceptors (Lipinski definition) is 3. The predicted octanol–water partition coefficient (Wildman–Crippen LogP) is 1.99. The van der Waals surface area contributed by atoms with E-state index in [-0.39, 0.29) is 6.42 Å². The summed E-state index contributed by atoms with van der Waals surface area (Å²) in [7, 11) is 0. The van der Waals surface area contributed by atoms with Crippen LogP contribution in [-0.2, 0) is 4.79 Å². The van der Waals surface area contributed by atoms with E-state index in [4.69, 9.17) is 10.8 Å². The first-order valence-corrected chi connectivity index (χ1v) is 6.86. The molecular weight excluding hydrogens is 312 g/mol. The predicted molar refractivity (Wildman–Crippen MR) is 75.3 cm³/mol. The van der Waals surface area contributed by atoms with Gasteiger partial charge in [-0.1, -0.05) is 0 Å². The molecule has 1 aliphatic carbocycles. The van der Waals surface area contributed by atoms with Crippen molar-refractivity contribution in [1.82, 2.24) is 0 Å². The Morgan fingerprint density at radius 1 is 1.42 bits per heavy atom. The molecule has 19 heavy (non-hydrogen) atoms. The van der Waals surface area contributed by atoms with E-state index < -0.39 is 11.9 Å². The molecule has 0 unspecified atom stereocenters. The molecule has 1 fully saturated rings. The highest BCUT2D eigenvalue weighted by Crippen LogP contribution is 2.36. The summed E-state index contributed by atoms with van der Waals surface area (Å²) in [4.78, 5) is 23.9. The SMILES string of the molecule is NC(=O)c1ccc(N(CCC(=O)O)C2CC2)c(Br)c1. The van der Waals surface area contributed by atoms with Gasteiger partial charge in [0.15, 0.2) is 0 Å². The monoisotopic (exact) mass is 326 g/mol. The van der Waals surface area contributed by atoms with Gasteiger partial charge < -0.3 is 15.7 Å². The van der Waals surface area contributed by atoms with Crippen LogP contribution in [0.15, 0.2) is 22.7 Å². The standard InChI is InChI=1S/C13H15BrN2O3/c14-10-7-8(13(15)19)1-4-11(10)16(9-2-3-9)6-5-12(17)18/h1,4,7,9H,2-3,5-6H2,(H2,15,19)(H,17,18). The quantitative estimate of drug-likeness (QED) is 0.837. The molecule has 0 saturated heterocycles. The Hall–Kier alpha value is -1.56. The second kappa shape index (κ2) is 5.61. The summed E-state index contributed by atoms with van der Waals surface area (Å²) in [6.45, 7) is 0.467. The van der Waals surface area contributed by atoms with Crippen LogP contribution in [0.2, 0.25) is 0 Å². The summed E-state index contributed by atoms with van der Waals surface area (Å²) in [5.41, 5.74) is 6.57. The van der Waals surface area contributed by atoms with Gasteiger partial charge in [-0.3, -0.25) is 9.59 Å². The summed E-state index contributed by atoms with van der Waals surface area (Å²) < 4.78 is 0.765. The highest BCUT2D eigenvalue weighted by Gasteiger charge is 2.30. The maximum atomic E-state index is 11.1. The summed E-state index contributed by atoms with van der Waals surface area (Å²) in [5, 5.41) is 8.80. The molecule has 3 N–H and O–H groups in total. The van der Waals surface area contributed by atoms with Crippen LogP contribution in [0.1, 0.15) is 29.6 Å². The number of aliphatic carboxylic acids is 1. The van der Waals surface area contributed by atoms with Gasteiger partial charge in [-0.25, -0.2) is 0 Å². The summed E-state index contributed by atoms with van der Waals surface area (Å²) in [5.74, 6) is -1.29. The van der Waals surface area contributed by atoms with Gasteiger partial charge in [-0.2, -0.15) is 0 Å². The van der Waals surface area contributed by atoms with E-state index >= 15 is 0 Å². The lowest BCUT2D eigenvalue weighted by Gasteiger charge is -2.25. The van der Waals surface area contributed by atoms with E-state index in [1.54, 1.807) is 12.1 Å². The van der Waals surface area contributed by atoms with Crippen molar-refractivity contribution in [3.63, 3.8) is 0 Å². The van der Waals surface area contributed by atoms with Gasteiger partial charge in [0.2, 0.25) is 5.91 Å². The number of carbonyl (C=O) groups is 2. The maximum absolute atomic E-state index is 11.1. The van der Waals surface area contributed by atoms with E-state index in [2.05, 4.69) is 20.8 Å². The third-order valence-electron chi connectivity index (χ3n) is 3.10. The van der Waals surface area contributed by atoms with Gasteiger partial charge in [0.05, 0.1) is 12.1 Å². The van der Waals surface area contributed by atoms with Crippen molar-refractivity contribution in [2.75, 3.05) is 11.4 Å². The van der Waals surface area contributed by atoms with Crippen molar-refractivity contribution >= 4 is 33.5 Å².